The van der Waals surface area contributed by atoms with Crippen molar-refractivity contribution in [3.05, 3.63) is 0 Å². The maximum absolute atomic E-state index is 11.3. The van der Waals surface area contributed by atoms with Crippen molar-refractivity contribution in [1.29, 1.82) is 5.26 Å². The van der Waals surface area contributed by atoms with Crippen molar-refractivity contribution < 1.29 is 4.79 Å². The van der Waals surface area contributed by atoms with Crippen LogP contribution in [0, 0.1) is 11.3 Å². The molecule has 0 rings (SSSR count). The van der Waals surface area contributed by atoms with Gasteiger partial charge in [0, 0.05) is 12.1 Å². The molecule has 0 aliphatic rings. The number of hydrogen-bond donors (Lipinski definition) is 0. The Morgan fingerprint density at radius 2 is 2.00 bits per heavy atom. The zero-order chi connectivity index (χ0) is 9.78. The van der Waals surface area contributed by atoms with E-state index in [1.165, 1.54) is 0 Å². The van der Waals surface area contributed by atoms with Gasteiger partial charge in [0.2, 0.25) is 5.91 Å². The Labute approximate surface area is 74.0 Å². The van der Waals surface area contributed by atoms with Crippen LogP contribution in [0.5, 0.6) is 0 Å². The summed E-state index contributed by atoms with van der Waals surface area (Å²) in [6.07, 6.45) is -0.0227. The van der Waals surface area contributed by atoms with Crippen molar-refractivity contribution in [1.82, 2.24) is 4.90 Å². The molecule has 0 saturated heterocycles. The zero-order valence-corrected chi connectivity index (χ0v) is 8.22. The van der Waals surface area contributed by atoms with Gasteiger partial charge in [-0.15, -0.1) is 0 Å². The topological polar surface area (TPSA) is 44.1 Å². The third-order valence-corrected chi connectivity index (χ3v) is 1.66. The van der Waals surface area contributed by atoms with E-state index in [0.717, 1.165) is 0 Å². The lowest BCUT2D eigenvalue weighted by Gasteiger charge is -2.34. The first-order valence-corrected chi connectivity index (χ1v) is 4.11. The van der Waals surface area contributed by atoms with E-state index in [2.05, 4.69) is 0 Å². The molecule has 3 heteroatoms. The monoisotopic (exact) mass is 168 g/mol. The van der Waals surface area contributed by atoms with Crippen molar-refractivity contribution in [2.45, 2.75) is 39.7 Å². The third kappa shape index (κ3) is 2.91. The Morgan fingerprint density at radius 1 is 1.50 bits per heavy atom. The maximum atomic E-state index is 11.3. The molecule has 0 saturated carbocycles. The Morgan fingerprint density at radius 3 is 2.25 bits per heavy atom. The van der Waals surface area contributed by atoms with Gasteiger partial charge in [0.1, 0.15) is 6.42 Å². The smallest absolute Gasteiger partial charge is 0.237 e. The van der Waals surface area contributed by atoms with E-state index in [4.69, 9.17) is 5.26 Å². The molecule has 0 atom stereocenters. The van der Waals surface area contributed by atoms with Gasteiger partial charge in [0.05, 0.1) is 6.07 Å². The molecule has 0 unspecified atom stereocenters. The average molecular weight is 168 g/mol. The minimum absolute atomic E-state index is 0.0227. The quantitative estimate of drug-likeness (QED) is 0.628. The zero-order valence-electron chi connectivity index (χ0n) is 8.22. The van der Waals surface area contributed by atoms with Gasteiger partial charge in [0.15, 0.2) is 0 Å². The molecular weight excluding hydrogens is 152 g/mol. The number of carbonyl (C=O) groups is 1. The fourth-order valence-electron chi connectivity index (χ4n) is 1.19. The van der Waals surface area contributed by atoms with Crippen molar-refractivity contribution in [3.63, 3.8) is 0 Å². The fourth-order valence-corrected chi connectivity index (χ4v) is 1.19. The summed E-state index contributed by atoms with van der Waals surface area (Å²) in [5, 5.41) is 8.35. The van der Waals surface area contributed by atoms with Gasteiger partial charge < -0.3 is 4.90 Å². The lowest BCUT2D eigenvalue weighted by molar-refractivity contribution is -0.134. The van der Waals surface area contributed by atoms with Crippen LogP contribution in [0.15, 0.2) is 0 Å². The summed E-state index contributed by atoms with van der Waals surface area (Å²) in [5.74, 6) is -0.0903. The summed E-state index contributed by atoms with van der Waals surface area (Å²) in [5.41, 5.74) is -0.178. The lowest BCUT2D eigenvalue weighted by atomic mass is 10.1. The van der Waals surface area contributed by atoms with Gasteiger partial charge in [-0.1, -0.05) is 0 Å². The van der Waals surface area contributed by atoms with Crippen molar-refractivity contribution in [2.24, 2.45) is 0 Å². The van der Waals surface area contributed by atoms with Crippen molar-refractivity contribution in [2.75, 3.05) is 6.54 Å². The van der Waals surface area contributed by atoms with Gasteiger partial charge >= 0.3 is 0 Å². The van der Waals surface area contributed by atoms with E-state index in [9.17, 15) is 4.79 Å². The van der Waals surface area contributed by atoms with Crippen molar-refractivity contribution >= 4 is 5.91 Å². The maximum Gasteiger partial charge on any atom is 0.237 e. The fraction of sp³-hybridized carbons (Fsp3) is 0.778. The van der Waals surface area contributed by atoms with E-state index in [1.54, 1.807) is 4.90 Å². The summed E-state index contributed by atoms with van der Waals surface area (Å²) < 4.78 is 0. The highest BCUT2D eigenvalue weighted by Gasteiger charge is 2.23. The van der Waals surface area contributed by atoms with E-state index in [-0.39, 0.29) is 17.9 Å². The van der Waals surface area contributed by atoms with Gasteiger partial charge in [-0.05, 0) is 27.7 Å². The van der Waals surface area contributed by atoms with Crippen LogP contribution in [0.1, 0.15) is 34.1 Å². The number of nitriles is 1. The second kappa shape index (κ2) is 4.10. The first-order chi connectivity index (χ1) is 5.43. The summed E-state index contributed by atoms with van der Waals surface area (Å²) in [4.78, 5) is 13.0. The molecule has 0 radical (unpaired) electrons. The van der Waals surface area contributed by atoms with Crippen LogP contribution in [0.4, 0.5) is 0 Å². The van der Waals surface area contributed by atoms with Gasteiger partial charge in [-0.3, -0.25) is 4.79 Å². The Bertz CT molecular complexity index is 198. The van der Waals surface area contributed by atoms with Gasteiger partial charge in [0.25, 0.3) is 0 Å². The molecule has 0 aromatic carbocycles. The number of hydrogen-bond acceptors (Lipinski definition) is 2. The molecular formula is C9H16N2O. The second-order valence-corrected chi connectivity index (χ2v) is 3.64. The Balaban J connectivity index is 4.38. The predicted molar refractivity (Wildman–Crippen MR) is 47.4 cm³/mol. The van der Waals surface area contributed by atoms with E-state index in [1.807, 2.05) is 33.8 Å². The highest BCUT2D eigenvalue weighted by Crippen LogP contribution is 2.13. The molecule has 0 spiro atoms. The lowest BCUT2D eigenvalue weighted by Crippen LogP contribution is -2.45. The standard InChI is InChI=1S/C9H16N2O/c1-5-11(9(2,3)4)8(12)6-7-10/h5-6H2,1-4H3. The molecule has 0 aromatic heterocycles. The number of carbonyl (C=O) groups excluding carboxylic acids is 1. The van der Waals surface area contributed by atoms with E-state index in [0.29, 0.717) is 6.54 Å². The van der Waals surface area contributed by atoms with Crippen LogP contribution in [0.2, 0.25) is 0 Å². The molecule has 0 fully saturated rings. The molecule has 0 N–H and O–H groups in total. The van der Waals surface area contributed by atoms with Crippen LogP contribution in [-0.4, -0.2) is 22.9 Å². The van der Waals surface area contributed by atoms with Gasteiger partial charge in [-0.2, -0.15) is 5.26 Å². The van der Waals surface area contributed by atoms with Gasteiger partial charge in [-0.25, -0.2) is 0 Å². The molecule has 1 amide bonds. The Kier molecular flexibility index (Phi) is 3.75. The molecule has 12 heavy (non-hydrogen) atoms. The minimum Gasteiger partial charge on any atom is -0.337 e. The molecule has 0 bridgehead atoms. The molecule has 0 heterocycles. The van der Waals surface area contributed by atoms with Crippen LogP contribution in [-0.2, 0) is 4.79 Å². The SMILES string of the molecule is CCN(C(=O)CC#N)C(C)(C)C. The van der Waals surface area contributed by atoms with Crippen LogP contribution < -0.4 is 0 Å². The normalized spacial score (nSPS) is 10.6. The largest absolute Gasteiger partial charge is 0.337 e. The van der Waals surface area contributed by atoms with Crippen LogP contribution in [0.3, 0.4) is 0 Å². The third-order valence-electron chi connectivity index (χ3n) is 1.66. The summed E-state index contributed by atoms with van der Waals surface area (Å²) in [6.45, 7) is 8.47. The van der Waals surface area contributed by atoms with E-state index >= 15 is 0 Å². The predicted octanol–water partition coefficient (Wildman–Crippen LogP) is 1.55. The minimum atomic E-state index is -0.178. The van der Waals surface area contributed by atoms with Crippen molar-refractivity contribution in [3.8, 4) is 6.07 Å². The molecule has 0 aliphatic heterocycles. The number of rotatable bonds is 2. The first kappa shape index (κ1) is 11.0. The summed E-state index contributed by atoms with van der Waals surface area (Å²) in [6, 6.07) is 1.86. The Hall–Kier alpha value is -1.04. The van der Waals surface area contributed by atoms with Crippen LogP contribution in [0.25, 0.3) is 0 Å². The number of nitrogens with zero attached hydrogens (tertiary/aromatic N) is 2. The highest BCUT2D eigenvalue weighted by molar-refractivity contribution is 5.78. The first-order valence-electron chi connectivity index (χ1n) is 4.11. The molecule has 0 aliphatic carbocycles. The van der Waals surface area contributed by atoms with E-state index < -0.39 is 0 Å². The average Bonchev–Trinajstić information content (AvgIpc) is 1.85. The summed E-state index contributed by atoms with van der Waals surface area (Å²) >= 11 is 0. The number of amides is 1. The molecule has 68 valence electrons. The highest BCUT2D eigenvalue weighted by atomic mass is 16.2. The molecule has 0 aromatic rings. The second-order valence-electron chi connectivity index (χ2n) is 3.64. The molecule has 3 nitrogen and oxygen atoms in total. The van der Waals surface area contributed by atoms with Crippen LogP contribution >= 0.6 is 0 Å². The summed E-state index contributed by atoms with van der Waals surface area (Å²) in [7, 11) is 0.